The second kappa shape index (κ2) is 18.3. The molecule has 12 nitrogen and oxygen atoms in total. The summed E-state index contributed by atoms with van der Waals surface area (Å²) in [5.74, 6) is 2.90. The van der Waals surface area contributed by atoms with E-state index in [1.165, 1.54) is 24.9 Å². The second-order valence-electron chi connectivity index (χ2n) is 13.6. The van der Waals surface area contributed by atoms with Crippen molar-refractivity contribution < 1.29 is 37.2 Å². The summed E-state index contributed by atoms with van der Waals surface area (Å²) in [5.41, 5.74) is 8.13. The third-order valence-corrected chi connectivity index (χ3v) is 16.5. The maximum Gasteiger partial charge on any atom is 0.407 e. The molecule has 0 aliphatic heterocycles. The Morgan fingerprint density at radius 1 is 1.02 bits per heavy atom. The molecular weight excluding hydrogens is 681 g/mol. The molecule has 274 valence electrons. The number of thioether (sulfide) groups is 1. The van der Waals surface area contributed by atoms with Crippen LogP contribution in [0, 0.1) is 18.8 Å². The molecule has 0 fully saturated rings. The van der Waals surface area contributed by atoms with E-state index in [0.717, 1.165) is 0 Å². The van der Waals surface area contributed by atoms with Crippen molar-refractivity contribution in [2.45, 2.75) is 104 Å². The van der Waals surface area contributed by atoms with E-state index in [9.17, 15) is 9.59 Å². The predicted molar refractivity (Wildman–Crippen MR) is 197 cm³/mol. The van der Waals surface area contributed by atoms with Crippen LogP contribution in [-0.2, 0) is 21.8 Å². The highest BCUT2D eigenvalue weighted by molar-refractivity contribution is 7.98. The van der Waals surface area contributed by atoms with Gasteiger partial charge in [0.2, 0.25) is 5.89 Å². The molecule has 0 spiro atoms. The Hall–Kier alpha value is -3.02. The van der Waals surface area contributed by atoms with Crippen LogP contribution >= 0.6 is 11.8 Å². The van der Waals surface area contributed by atoms with Gasteiger partial charge in [0.05, 0.1) is 32.4 Å². The number of esters is 1. The molecule has 49 heavy (non-hydrogen) atoms. The number of benzene rings is 1. The lowest BCUT2D eigenvalue weighted by atomic mass is 9.99. The first-order valence-electron chi connectivity index (χ1n) is 16.4. The first kappa shape index (κ1) is 42.2. The molecule has 0 bridgehead atoms. The summed E-state index contributed by atoms with van der Waals surface area (Å²) in [6.45, 7) is 27.4. The molecule has 0 saturated carbocycles. The number of methoxy groups -OCH3 is 2. The Morgan fingerprint density at radius 3 is 2.10 bits per heavy atom. The quantitative estimate of drug-likeness (QED) is 0.0839. The van der Waals surface area contributed by atoms with Crippen LogP contribution in [0.5, 0.6) is 17.2 Å². The molecule has 1 heterocycles. The molecule has 0 aliphatic carbocycles. The van der Waals surface area contributed by atoms with Crippen LogP contribution in [-0.4, -0.2) is 66.9 Å². The fourth-order valence-electron chi connectivity index (χ4n) is 4.39. The molecule has 0 aliphatic rings. The lowest BCUT2D eigenvalue weighted by molar-refractivity contribution is 0.0598. The molecule has 1 amide bonds. The fraction of sp³-hybridized carbons (Fsp3) is 0.647. The zero-order valence-electron chi connectivity index (χ0n) is 31.5. The molecule has 1 atom stereocenters. The average molecular weight is 737 g/mol. The number of rotatable bonds is 19. The van der Waals surface area contributed by atoms with Crippen LogP contribution in [0.4, 0.5) is 4.79 Å². The molecule has 2 rings (SSSR count). The van der Waals surface area contributed by atoms with Crippen molar-refractivity contribution in [1.82, 2.24) is 15.5 Å². The van der Waals surface area contributed by atoms with Gasteiger partial charge < -0.3 is 38.6 Å². The Kier molecular flexibility index (Phi) is 15.7. The smallest absolute Gasteiger partial charge is 0.407 e. The maximum absolute atomic E-state index is 13.5. The normalized spacial score (nSPS) is 12.8. The van der Waals surface area contributed by atoms with Crippen molar-refractivity contribution in [2.75, 3.05) is 26.6 Å². The summed E-state index contributed by atoms with van der Waals surface area (Å²) in [6, 6.07) is -0.622. The number of carbonyl (C=O) groups is 2. The van der Waals surface area contributed by atoms with Crippen LogP contribution in [0.15, 0.2) is 17.2 Å². The van der Waals surface area contributed by atoms with Crippen molar-refractivity contribution in [1.29, 1.82) is 0 Å². The van der Waals surface area contributed by atoms with E-state index in [0.29, 0.717) is 57.3 Å². The van der Waals surface area contributed by atoms with E-state index in [4.69, 9.17) is 33.3 Å². The third-order valence-electron chi connectivity index (χ3n) is 9.58. The van der Waals surface area contributed by atoms with E-state index >= 15 is 0 Å². The van der Waals surface area contributed by atoms with Gasteiger partial charge in [-0.2, -0.15) is 16.7 Å². The molecule has 2 aromatic rings. The number of nitrogens with one attached hydrogen (secondary N) is 1. The highest BCUT2D eigenvalue weighted by Crippen LogP contribution is 2.51. The van der Waals surface area contributed by atoms with Crippen LogP contribution in [0.25, 0.3) is 0 Å². The number of hydrogen-bond donors (Lipinski definition) is 2. The molecular formula is C34H56N4O8SSi2. The van der Waals surface area contributed by atoms with Crippen molar-refractivity contribution in [3.8, 4) is 17.2 Å². The van der Waals surface area contributed by atoms with Gasteiger partial charge in [0, 0.05) is 22.6 Å². The van der Waals surface area contributed by atoms with Crippen LogP contribution in [0.2, 0.25) is 23.2 Å². The number of aromatic nitrogens is 2. The van der Waals surface area contributed by atoms with E-state index in [1.54, 1.807) is 7.11 Å². The van der Waals surface area contributed by atoms with Gasteiger partial charge in [-0.1, -0.05) is 73.2 Å². The van der Waals surface area contributed by atoms with E-state index < -0.39 is 36.2 Å². The first-order chi connectivity index (χ1) is 22.8. The molecule has 15 heteroatoms. The number of nitrogens with two attached hydrogens (primary N) is 1. The van der Waals surface area contributed by atoms with Gasteiger partial charge in [-0.25, -0.2) is 9.59 Å². The zero-order valence-corrected chi connectivity index (χ0v) is 34.3. The van der Waals surface area contributed by atoms with Crippen molar-refractivity contribution >= 4 is 41.9 Å². The van der Waals surface area contributed by atoms with Crippen molar-refractivity contribution in [2.24, 2.45) is 17.6 Å². The number of carbonyl (C=O) groups excluding carboxylic acids is 2. The minimum atomic E-state index is -1.52. The lowest BCUT2D eigenvalue weighted by Crippen LogP contribution is -2.37. The molecule has 1 aromatic carbocycles. The van der Waals surface area contributed by atoms with Gasteiger partial charge in [0.25, 0.3) is 18.1 Å². The number of alkyl carbamates (subject to hydrolysis) is 1. The maximum atomic E-state index is 13.5. The number of nitrogens with zero attached hydrogens (tertiary/aromatic N) is 2. The predicted octanol–water partition coefficient (Wildman–Crippen LogP) is 7.39. The van der Waals surface area contributed by atoms with Gasteiger partial charge >= 0.3 is 12.1 Å². The number of ether oxygens (including phenoxy) is 3. The number of amides is 1. The average Bonchev–Trinajstić information content (AvgIpc) is 3.53. The Balaban J connectivity index is 2.57. The summed E-state index contributed by atoms with van der Waals surface area (Å²) in [4.78, 5) is 29.5. The van der Waals surface area contributed by atoms with Gasteiger partial charge in [-0.05, 0) is 41.9 Å². The van der Waals surface area contributed by atoms with Crippen molar-refractivity contribution in [3.63, 3.8) is 0 Å². The summed E-state index contributed by atoms with van der Waals surface area (Å²) >= 11 is 1.49. The van der Waals surface area contributed by atoms with E-state index in [-0.39, 0.29) is 34.9 Å². The molecule has 0 saturated heterocycles. The van der Waals surface area contributed by atoms with Gasteiger partial charge in [-0.3, -0.25) is 0 Å². The molecule has 2 radical (unpaired) electrons. The van der Waals surface area contributed by atoms with Gasteiger partial charge in [0.15, 0.2) is 23.1 Å². The molecule has 3 N–H and O–H groups in total. The summed E-state index contributed by atoms with van der Waals surface area (Å²) in [5, 5.41) is 6.25. The third kappa shape index (κ3) is 10.5. The Labute approximate surface area is 300 Å². The largest absolute Gasteiger partial charge is 0.539 e. The minimum Gasteiger partial charge on any atom is -0.539 e. The SMILES string of the molecule is C=CCOC(=O)NCc1noc(C(N)CSCc2c(O[Si](C)C(C)(C)C(C)C)c(O[Si](C)C(C)(C)C(C)C)c(OC)c(C)c2C(=O)OC)n1. The van der Waals surface area contributed by atoms with Gasteiger partial charge in [-0.15, -0.1) is 0 Å². The zero-order chi connectivity index (χ0) is 37.3. The molecule has 1 aromatic heterocycles. The van der Waals surface area contributed by atoms with Crippen LogP contribution in [0.3, 0.4) is 0 Å². The summed E-state index contributed by atoms with van der Waals surface area (Å²) in [7, 11) is -0.0422. The Bertz CT molecular complexity index is 1430. The van der Waals surface area contributed by atoms with Crippen LogP contribution in [0.1, 0.15) is 94.6 Å². The molecule has 1 unspecified atom stereocenters. The Morgan fingerprint density at radius 2 is 1.59 bits per heavy atom. The lowest BCUT2D eigenvalue weighted by Gasteiger charge is -2.37. The topological polar surface area (TPSA) is 157 Å². The van der Waals surface area contributed by atoms with E-state index in [2.05, 4.69) is 90.5 Å². The van der Waals surface area contributed by atoms with Gasteiger partial charge in [0.1, 0.15) is 6.61 Å². The first-order valence-corrected chi connectivity index (χ1v) is 21.3. The standard InChI is InChI=1S/C34H56N4O8SSi2/c1-15-16-43-32(40)36-17-25-37-30(44-38-25)24(35)19-47-18-23-26(31(39)42-12)22(6)27(41-11)29(46-49(14)34(9,10)21(4)5)28(23)45-48(13)33(7,8)20(2)3/h15,20-21,24H,1,16-19,35H2,2-14H3,(H,36,40). The van der Waals surface area contributed by atoms with Crippen LogP contribution < -0.4 is 24.6 Å². The summed E-state index contributed by atoms with van der Waals surface area (Å²) < 4.78 is 35.5. The van der Waals surface area contributed by atoms with E-state index in [1.807, 2.05) is 6.92 Å². The fourth-order valence-corrected chi connectivity index (χ4v) is 8.55. The second-order valence-corrected chi connectivity index (χ2v) is 19.9. The highest BCUT2D eigenvalue weighted by Gasteiger charge is 2.40. The van der Waals surface area contributed by atoms with Crippen molar-refractivity contribution in [3.05, 3.63) is 41.1 Å². The minimum absolute atomic E-state index is 0.0126. The highest BCUT2D eigenvalue weighted by atomic mass is 32.2. The summed E-state index contributed by atoms with van der Waals surface area (Å²) in [6.07, 6.45) is 0.845. The monoisotopic (exact) mass is 736 g/mol. The number of hydrogen-bond acceptors (Lipinski definition) is 12.